The second-order valence-electron chi connectivity index (χ2n) is 6.97. The number of nitrogens with zero attached hydrogens (tertiary/aromatic N) is 2. The molecule has 0 atom stereocenters. The Kier molecular flexibility index (Phi) is 4.12. The molecule has 0 saturated heterocycles. The van der Waals surface area contributed by atoms with Crippen LogP contribution in [0.3, 0.4) is 0 Å². The fourth-order valence-corrected chi connectivity index (χ4v) is 2.48. The normalized spacial score (nSPS) is 13.6. The summed E-state index contributed by atoms with van der Waals surface area (Å²) in [6.07, 6.45) is 0. The van der Waals surface area contributed by atoms with Gasteiger partial charge in [-0.3, -0.25) is 19.3 Å². The number of carbonyl (C=O) groups is 3. The van der Waals surface area contributed by atoms with Crippen molar-refractivity contribution in [3.8, 4) is 0 Å². The Morgan fingerprint density at radius 3 is 2.48 bits per heavy atom. The number of fused-ring (bicyclic) bond motifs is 1. The van der Waals surface area contributed by atoms with Crippen LogP contribution in [0.1, 0.15) is 47.2 Å². The van der Waals surface area contributed by atoms with Crippen molar-refractivity contribution in [2.45, 2.75) is 27.3 Å². The molecule has 2 aromatic rings. The van der Waals surface area contributed by atoms with Gasteiger partial charge in [-0.1, -0.05) is 45.0 Å². The molecule has 6 nitrogen and oxygen atoms in total. The number of imide groups is 1. The molecule has 25 heavy (non-hydrogen) atoms. The van der Waals surface area contributed by atoms with E-state index < -0.39 is 11.3 Å². The minimum atomic E-state index is -0.575. The van der Waals surface area contributed by atoms with Crippen LogP contribution in [0.2, 0.25) is 0 Å². The van der Waals surface area contributed by atoms with E-state index in [1.54, 1.807) is 45.0 Å². The molecule has 128 valence electrons. The Bertz CT molecular complexity index is 868. The van der Waals surface area contributed by atoms with Gasteiger partial charge < -0.3 is 5.32 Å². The van der Waals surface area contributed by atoms with Crippen LogP contribution < -0.4 is 5.32 Å². The van der Waals surface area contributed by atoms with Crippen LogP contribution in [0.4, 0.5) is 5.82 Å². The highest BCUT2D eigenvalue weighted by molar-refractivity contribution is 6.12. The molecule has 3 amide bonds. The number of carbonyl (C=O) groups excluding carboxylic acids is 3. The lowest BCUT2D eigenvalue weighted by Crippen LogP contribution is -2.32. The summed E-state index contributed by atoms with van der Waals surface area (Å²) in [7, 11) is 0. The Morgan fingerprint density at radius 1 is 1.08 bits per heavy atom. The van der Waals surface area contributed by atoms with Crippen LogP contribution >= 0.6 is 0 Å². The van der Waals surface area contributed by atoms with Gasteiger partial charge in [-0.15, -0.1) is 0 Å². The van der Waals surface area contributed by atoms with Crippen molar-refractivity contribution < 1.29 is 14.4 Å². The molecule has 0 bridgehead atoms. The lowest BCUT2D eigenvalue weighted by atomic mass is 9.96. The van der Waals surface area contributed by atoms with E-state index in [1.807, 2.05) is 12.1 Å². The first-order chi connectivity index (χ1) is 11.8. The molecule has 0 fully saturated rings. The van der Waals surface area contributed by atoms with Gasteiger partial charge in [-0.25, -0.2) is 4.98 Å². The number of hydrogen-bond donors (Lipinski definition) is 1. The van der Waals surface area contributed by atoms with Crippen LogP contribution in [0.15, 0.2) is 42.5 Å². The highest BCUT2D eigenvalue weighted by atomic mass is 16.2. The van der Waals surface area contributed by atoms with E-state index >= 15 is 0 Å². The van der Waals surface area contributed by atoms with Crippen LogP contribution in [-0.4, -0.2) is 27.6 Å². The Balaban J connectivity index is 1.81. The molecule has 1 N–H and O–H groups in total. The van der Waals surface area contributed by atoms with Crippen molar-refractivity contribution in [3.63, 3.8) is 0 Å². The molecule has 6 heteroatoms. The summed E-state index contributed by atoms with van der Waals surface area (Å²) >= 11 is 0. The highest BCUT2D eigenvalue weighted by Crippen LogP contribution is 2.24. The predicted octanol–water partition coefficient (Wildman–Crippen LogP) is 2.86. The Hall–Kier alpha value is -3.02. The van der Waals surface area contributed by atoms with Gasteiger partial charge in [0.2, 0.25) is 5.91 Å². The first kappa shape index (κ1) is 16.8. The monoisotopic (exact) mass is 337 g/mol. The topological polar surface area (TPSA) is 79.4 Å². The van der Waals surface area contributed by atoms with Crippen LogP contribution in [0, 0.1) is 5.41 Å². The lowest BCUT2D eigenvalue weighted by Gasteiger charge is -2.18. The first-order valence-corrected chi connectivity index (χ1v) is 8.00. The molecule has 1 aliphatic rings. The van der Waals surface area contributed by atoms with Crippen LogP contribution in [0.5, 0.6) is 0 Å². The molecule has 0 unspecified atom stereocenters. The number of benzene rings is 1. The van der Waals surface area contributed by atoms with Gasteiger partial charge in [-0.2, -0.15) is 0 Å². The van der Waals surface area contributed by atoms with Gasteiger partial charge in [0.15, 0.2) is 0 Å². The third-order valence-corrected chi connectivity index (χ3v) is 3.96. The summed E-state index contributed by atoms with van der Waals surface area (Å²) < 4.78 is 0. The third-order valence-electron chi connectivity index (χ3n) is 3.96. The molecule has 3 rings (SSSR count). The average molecular weight is 337 g/mol. The number of amides is 3. The van der Waals surface area contributed by atoms with E-state index in [4.69, 9.17) is 0 Å². The highest BCUT2D eigenvalue weighted by Gasteiger charge is 2.33. The molecule has 1 aromatic carbocycles. The van der Waals surface area contributed by atoms with Crippen molar-refractivity contribution >= 4 is 23.5 Å². The van der Waals surface area contributed by atoms with E-state index in [-0.39, 0.29) is 29.9 Å². The number of hydrogen-bond acceptors (Lipinski definition) is 4. The fourth-order valence-electron chi connectivity index (χ4n) is 2.48. The number of rotatable bonds is 2. The third kappa shape index (κ3) is 3.28. The number of aromatic nitrogens is 1. The summed E-state index contributed by atoms with van der Waals surface area (Å²) in [6, 6.07) is 11.9. The molecule has 0 saturated carbocycles. The second kappa shape index (κ2) is 6.12. The summed E-state index contributed by atoms with van der Waals surface area (Å²) in [4.78, 5) is 42.5. The zero-order valence-electron chi connectivity index (χ0n) is 14.4. The number of nitrogens with one attached hydrogen (secondary N) is 1. The van der Waals surface area contributed by atoms with Crippen LogP contribution in [-0.2, 0) is 11.3 Å². The smallest absolute Gasteiger partial charge is 0.279 e. The van der Waals surface area contributed by atoms with Crippen molar-refractivity contribution in [1.82, 2.24) is 9.88 Å². The fraction of sp³-hybridized carbons (Fsp3) is 0.263. The van der Waals surface area contributed by atoms with Crippen molar-refractivity contribution in [3.05, 3.63) is 59.3 Å². The number of pyridine rings is 1. The Labute approximate surface area is 145 Å². The van der Waals surface area contributed by atoms with Crippen molar-refractivity contribution in [1.29, 1.82) is 0 Å². The minimum absolute atomic E-state index is 0.118. The molecule has 0 radical (unpaired) electrons. The van der Waals surface area contributed by atoms with Crippen molar-refractivity contribution in [2.24, 2.45) is 5.41 Å². The Morgan fingerprint density at radius 2 is 1.80 bits per heavy atom. The summed E-state index contributed by atoms with van der Waals surface area (Å²) in [5, 5.41) is 2.69. The molecule has 2 heterocycles. The minimum Gasteiger partial charge on any atom is -0.310 e. The molecular formula is C19H19N3O3. The zero-order valence-corrected chi connectivity index (χ0v) is 14.4. The summed E-state index contributed by atoms with van der Waals surface area (Å²) in [5.74, 6) is -0.719. The molecule has 1 aromatic heterocycles. The van der Waals surface area contributed by atoms with Gasteiger partial charge in [-0.05, 0) is 23.8 Å². The van der Waals surface area contributed by atoms with Crippen molar-refractivity contribution in [2.75, 3.05) is 5.32 Å². The van der Waals surface area contributed by atoms with Gasteiger partial charge in [0.25, 0.3) is 11.8 Å². The van der Waals surface area contributed by atoms with Gasteiger partial charge in [0.1, 0.15) is 11.5 Å². The number of anilines is 1. The quantitative estimate of drug-likeness (QED) is 0.855. The predicted molar refractivity (Wildman–Crippen MR) is 93.0 cm³/mol. The molecule has 0 aliphatic carbocycles. The molecule has 0 spiro atoms. The van der Waals surface area contributed by atoms with E-state index in [0.29, 0.717) is 5.56 Å². The lowest BCUT2D eigenvalue weighted by molar-refractivity contribution is -0.123. The maximum Gasteiger partial charge on any atom is 0.279 e. The zero-order chi connectivity index (χ0) is 18.2. The van der Waals surface area contributed by atoms with E-state index in [0.717, 1.165) is 5.56 Å². The average Bonchev–Trinajstić information content (AvgIpc) is 2.91. The largest absolute Gasteiger partial charge is 0.310 e. The second-order valence-corrected chi connectivity index (χ2v) is 6.97. The maximum absolute atomic E-state index is 12.7. The standard InChI is InChI=1S/C19H19N3O3/c1-19(2,3)18(25)21-15-10-6-9-14(20-15)17(24)22-11-12-7-4-5-8-13(12)16(22)23/h4-10H,11H2,1-3H3,(H,20,21,25). The maximum atomic E-state index is 12.7. The van der Waals surface area contributed by atoms with Gasteiger partial charge in [0, 0.05) is 11.0 Å². The van der Waals surface area contributed by atoms with E-state index in [1.165, 1.54) is 11.0 Å². The van der Waals surface area contributed by atoms with Gasteiger partial charge >= 0.3 is 0 Å². The SMILES string of the molecule is CC(C)(C)C(=O)Nc1cccc(C(=O)N2Cc3ccccc3C2=O)n1. The van der Waals surface area contributed by atoms with E-state index in [9.17, 15) is 14.4 Å². The van der Waals surface area contributed by atoms with Crippen LogP contribution in [0.25, 0.3) is 0 Å². The molecule has 1 aliphatic heterocycles. The molecular weight excluding hydrogens is 318 g/mol. The summed E-state index contributed by atoms with van der Waals surface area (Å²) in [5.41, 5.74) is 0.896. The first-order valence-electron chi connectivity index (χ1n) is 8.00. The van der Waals surface area contributed by atoms with E-state index in [2.05, 4.69) is 10.3 Å². The summed E-state index contributed by atoms with van der Waals surface area (Å²) in [6.45, 7) is 5.60. The van der Waals surface area contributed by atoms with Gasteiger partial charge in [0.05, 0.1) is 6.54 Å².